The lowest BCUT2D eigenvalue weighted by atomic mass is 10.1. The van der Waals surface area contributed by atoms with Crippen LogP contribution in [0.5, 0.6) is 0 Å². The standard InChI is InChI=1S/C23H24ClN3O3S/c1-13-4-3-5-19(20(28)8-13)27-11-17-15(12-31-21(17)22(27)29)10-25-23(30)26-16-7-6-14(2)18(24)9-16/h6-7,9,12,19H,1,3-5,8,10-11H2,2H3,(H2,25,26,30)/t19-/m0/s1. The lowest BCUT2D eigenvalue weighted by Crippen LogP contribution is -2.40. The first-order valence-corrected chi connectivity index (χ1v) is 11.5. The Morgan fingerprint density at radius 1 is 1.35 bits per heavy atom. The lowest BCUT2D eigenvalue weighted by molar-refractivity contribution is -0.122. The van der Waals surface area contributed by atoms with Crippen LogP contribution in [0.2, 0.25) is 5.02 Å². The van der Waals surface area contributed by atoms with Crippen molar-refractivity contribution in [3.05, 3.63) is 62.3 Å². The van der Waals surface area contributed by atoms with E-state index in [9.17, 15) is 14.4 Å². The highest BCUT2D eigenvalue weighted by molar-refractivity contribution is 7.12. The highest BCUT2D eigenvalue weighted by atomic mass is 35.5. The molecule has 0 unspecified atom stereocenters. The molecule has 1 saturated carbocycles. The molecule has 162 valence electrons. The van der Waals surface area contributed by atoms with Gasteiger partial charge in [-0.15, -0.1) is 11.3 Å². The normalized spacial score (nSPS) is 18.7. The van der Waals surface area contributed by atoms with Crippen LogP contribution in [0.4, 0.5) is 10.5 Å². The fourth-order valence-electron chi connectivity index (χ4n) is 4.05. The summed E-state index contributed by atoms with van der Waals surface area (Å²) >= 11 is 7.48. The average Bonchev–Trinajstić information content (AvgIpc) is 3.21. The van der Waals surface area contributed by atoms with E-state index in [4.69, 9.17) is 11.6 Å². The number of Topliss-reactive ketones (excluding diaryl/α,β-unsaturated/α-hetero) is 1. The van der Waals surface area contributed by atoms with Gasteiger partial charge in [0.2, 0.25) is 0 Å². The minimum atomic E-state index is -0.387. The summed E-state index contributed by atoms with van der Waals surface area (Å²) in [5, 5.41) is 8.09. The molecular formula is C23H24ClN3O3S. The fourth-order valence-corrected chi connectivity index (χ4v) is 5.28. The molecule has 0 radical (unpaired) electrons. The maximum absolute atomic E-state index is 12.9. The second-order valence-corrected chi connectivity index (χ2v) is 9.36. The first-order chi connectivity index (χ1) is 14.8. The van der Waals surface area contributed by atoms with Gasteiger partial charge in [-0.1, -0.05) is 29.8 Å². The molecule has 1 aliphatic carbocycles. The number of urea groups is 1. The van der Waals surface area contributed by atoms with E-state index in [1.165, 1.54) is 11.3 Å². The Hall–Kier alpha value is -2.64. The number of rotatable bonds is 4. The molecule has 2 heterocycles. The van der Waals surface area contributed by atoms with Crippen molar-refractivity contribution in [3.8, 4) is 0 Å². The van der Waals surface area contributed by atoms with E-state index in [0.717, 1.165) is 35.1 Å². The minimum absolute atomic E-state index is 0.0711. The second kappa shape index (κ2) is 8.85. The van der Waals surface area contributed by atoms with Crippen LogP contribution >= 0.6 is 22.9 Å². The summed E-state index contributed by atoms with van der Waals surface area (Å²) < 4.78 is 0. The molecule has 3 amide bonds. The van der Waals surface area contributed by atoms with Crippen LogP contribution in [0.1, 0.15) is 52.0 Å². The molecule has 6 nitrogen and oxygen atoms in total. The molecule has 8 heteroatoms. The summed E-state index contributed by atoms with van der Waals surface area (Å²) in [6.45, 7) is 6.56. The van der Waals surface area contributed by atoms with Crippen molar-refractivity contribution in [2.75, 3.05) is 5.32 Å². The molecule has 1 fully saturated rings. The zero-order valence-corrected chi connectivity index (χ0v) is 18.9. The quantitative estimate of drug-likeness (QED) is 0.497. The number of hydrogen-bond acceptors (Lipinski definition) is 4. The summed E-state index contributed by atoms with van der Waals surface area (Å²) in [5.41, 5.74) is 4.30. The van der Waals surface area contributed by atoms with Gasteiger partial charge in [-0.25, -0.2) is 4.79 Å². The zero-order chi connectivity index (χ0) is 22.1. The van der Waals surface area contributed by atoms with Gasteiger partial charge in [0.15, 0.2) is 5.78 Å². The molecule has 0 spiro atoms. The molecule has 1 atom stereocenters. The van der Waals surface area contributed by atoms with E-state index >= 15 is 0 Å². The third-order valence-corrected chi connectivity index (χ3v) is 7.28. The third-order valence-electron chi connectivity index (χ3n) is 5.81. The SMILES string of the molecule is C=C1CCC[C@H](N2Cc3c(CNC(=O)Nc4ccc(C)c(Cl)c4)csc3C2=O)C(=O)C1. The monoisotopic (exact) mass is 457 g/mol. The van der Waals surface area contributed by atoms with Crippen molar-refractivity contribution in [2.24, 2.45) is 0 Å². The van der Waals surface area contributed by atoms with Crippen LogP contribution in [0.25, 0.3) is 0 Å². The van der Waals surface area contributed by atoms with Gasteiger partial charge in [0.1, 0.15) is 0 Å². The van der Waals surface area contributed by atoms with E-state index in [1.807, 2.05) is 18.4 Å². The van der Waals surface area contributed by atoms with Crippen molar-refractivity contribution < 1.29 is 14.4 Å². The molecule has 0 bridgehead atoms. The number of thiophene rings is 1. The minimum Gasteiger partial charge on any atom is -0.334 e. The van der Waals surface area contributed by atoms with E-state index in [0.29, 0.717) is 41.5 Å². The second-order valence-electron chi connectivity index (χ2n) is 8.07. The van der Waals surface area contributed by atoms with Gasteiger partial charge in [0.25, 0.3) is 5.91 Å². The van der Waals surface area contributed by atoms with Crippen LogP contribution in [-0.4, -0.2) is 28.7 Å². The Kier molecular flexibility index (Phi) is 6.16. The van der Waals surface area contributed by atoms with Crippen LogP contribution in [0.3, 0.4) is 0 Å². The highest BCUT2D eigenvalue weighted by Gasteiger charge is 2.39. The smallest absolute Gasteiger partial charge is 0.319 e. The number of nitrogens with one attached hydrogen (secondary N) is 2. The number of fused-ring (bicyclic) bond motifs is 1. The summed E-state index contributed by atoms with van der Waals surface area (Å²) in [6.07, 6.45) is 2.72. The number of halogens is 1. The predicted octanol–water partition coefficient (Wildman–Crippen LogP) is 5.06. The van der Waals surface area contributed by atoms with Gasteiger partial charge in [-0.2, -0.15) is 0 Å². The van der Waals surface area contributed by atoms with Gasteiger partial charge >= 0.3 is 6.03 Å². The number of aryl methyl sites for hydroxylation is 1. The maximum atomic E-state index is 12.9. The summed E-state index contributed by atoms with van der Waals surface area (Å²) in [5.74, 6) is -0.0160. The number of ketones is 1. The first-order valence-electron chi connectivity index (χ1n) is 10.2. The number of anilines is 1. The molecule has 31 heavy (non-hydrogen) atoms. The van der Waals surface area contributed by atoms with Crippen molar-refractivity contribution in [2.45, 2.75) is 51.7 Å². The largest absolute Gasteiger partial charge is 0.334 e. The number of allylic oxidation sites excluding steroid dienone is 1. The summed E-state index contributed by atoms with van der Waals surface area (Å²) in [6, 6.07) is 4.60. The molecule has 1 aromatic heterocycles. The first kappa shape index (κ1) is 21.6. The molecule has 1 aliphatic heterocycles. The van der Waals surface area contributed by atoms with Crippen LogP contribution in [0.15, 0.2) is 35.7 Å². The Morgan fingerprint density at radius 2 is 2.16 bits per heavy atom. The maximum Gasteiger partial charge on any atom is 0.319 e. The molecule has 0 saturated heterocycles. The number of nitrogens with zero attached hydrogens (tertiary/aromatic N) is 1. The van der Waals surface area contributed by atoms with E-state index in [2.05, 4.69) is 17.2 Å². The molecule has 2 aromatic rings. The number of carbonyl (C=O) groups excluding carboxylic acids is 3. The Labute approximate surface area is 190 Å². The van der Waals surface area contributed by atoms with Crippen LogP contribution in [0, 0.1) is 6.92 Å². The number of benzene rings is 1. The fraction of sp³-hybridized carbons (Fsp3) is 0.348. The van der Waals surface area contributed by atoms with E-state index in [-0.39, 0.29) is 23.8 Å². The Bertz CT molecular complexity index is 1080. The molecule has 2 N–H and O–H groups in total. The van der Waals surface area contributed by atoms with Crippen LogP contribution < -0.4 is 10.6 Å². The summed E-state index contributed by atoms with van der Waals surface area (Å²) in [7, 11) is 0. The molecule has 4 rings (SSSR count). The Balaban J connectivity index is 1.40. The lowest BCUT2D eigenvalue weighted by Gasteiger charge is -2.25. The van der Waals surface area contributed by atoms with Gasteiger partial charge in [0.05, 0.1) is 10.9 Å². The van der Waals surface area contributed by atoms with Crippen molar-refractivity contribution in [1.82, 2.24) is 10.2 Å². The number of hydrogen-bond donors (Lipinski definition) is 2. The van der Waals surface area contributed by atoms with Crippen molar-refractivity contribution >= 4 is 46.3 Å². The molecular weight excluding hydrogens is 434 g/mol. The average molecular weight is 458 g/mol. The third kappa shape index (κ3) is 4.52. The predicted molar refractivity (Wildman–Crippen MR) is 123 cm³/mol. The van der Waals surface area contributed by atoms with Crippen molar-refractivity contribution in [1.29, 1.82) is 0 Å². The molecule has 1 aromatic carbocycles. The Morgan fingerprint density at radius 3 is 2.94 bits per heavy atom. The zero-order valence-electron chi connectivity index (χ0n) is 17.3. The van der Waals surface area contributed by atoms with Gasteiger partial charge in [0, 0.05) is 35.8 Å². The van der Waals surface area contributed by atoms with E-state index < -0.39 is 0 Å². The molecule has 2 aliphatic rings. The van der Waals surface area contributed by atoms with Gasteiger partial charge in [-0.3, -0.25) is 9.59 Å². The van der Waals surface area contributed by atoms with Crippen molar-refractivity contribution in [3.63, 3.8) is 0 Å². The van der Waals surface area contributed by atoms with E-state index in [1.54, 1.807) is 17.0 Å². The highest BCUT2D eigenvalue weighted by Crippen LogP contribution is 2.35. The van der Waals surface area contributed by atoms with Gasteiger partial charge in [-0.05, 0) is 54.8 Å². The van der Waals surface area contributed by atoms with Crippen LogP contribution in [-0.2, 0) is 17.9 Å². The summed E-state index contributed by atoms with van der Waals surface area (Å²) in [4.78, 5) is 40.2. The van der Waals surface area contributed by atoms with Gasteiger partial charge < -0.3 is 15.5 Å². The number of amides is 3. The number of carbonyl (C=O) groups is 3. The topological polar surface area (TPSA) is 78.5 Å².